The van der Waals surface area contributed by atoms with Crippen molar-refractivity contribution < 1.29 is 9.90 Å². The lowest BCUT2D eigenvalue weighted by atomic mass is 10.2. The zero-order valence-corrected chi connectivity index (χ0v) is 7.03. The average Bonchev–Trinajstić information content (AvgIpc) is 2.30. The van der Waals surface area contributed by atoms with Crippen LogP contribution in [-0.2, 0) is 0 Å². The number of nitrogens with one attached hydrogen (secondary N) is 1. The third-order valence-electron chi connectivity index (χ3n) is 1.30. The minimum absolute atomic E-state index is 0.275. The molecule has 0 atom stereocenters. The molecule has 1 aromatic rings. The van der Waals surface area contributed by atoms with Crippen LogP contribution in [0.15, 0.2) is 0 Å². The molecule has 0 saturated carbocycles. The van der Waals surface area contributed by atoms with Crippen molar-refractivity contribution in [3.63, 3.8) is 0 Å². The van der Waals surface area contributed by atoms with E-state index in [2.05, 4.69) is 9.69 Å². The van der Waals surface area contributed by atoms with Gasteiger partial charge in [-0.05, 0) is 18.5 Å². The van der Waals surface area contributed by atoms with E-state index < -0.39 is 5.97 Å². The first-order chi connectivity index (χ1) is 5.16. The summed E-state index contributed by atoms with van der Waals surface area (Å²) in [4.78, 5) is 10.6. The van der Waals surface area contributed by atoms with Crippen LogP contribution in [0.5, 0.6) is 0 Å². The summed E-state index contributed by atoms with van der Waals surface area (Å²) in [6, 6.07) is 0. The van der Waals surface area contributed by atoms with E-state index in [0.717, 1.165) is 11.5 Å². The molecule has 0 bridgehead atoms. The standard InChI is InChI=1S/C6H8N2O2S/c1-3-4(6(9)10)5(7-2)11-8-3/h7H,1-2H3,(H,9,10). The minimum atomic E-state index is -0.930. The van der Waals surface area contributed by atoms with Crippen molar-refractivity contribution in [3.8, 4) is 0 Å². The fourth-order valence-electron chi connectivity index (χ4n) is 0.792. The number of carboxylic acid groups (broad SMARTS) is 1. The summed E-state index contributed by atoms with van der Waals surface area (Å²) >= 11 is 1.16. The zero-order valence-electron chi connectivity index (χ0n) is 6.21. The number of hydrogen-bond acceptors (Lipinski definition) is 4. The molecule has 0 spiro atoms. The molecule has 0 aromatic carbocycles. The van der Waals surface area contributed by atoms with Crippen LogP contribution in [0.25, 0.3) is 0 Å². The van der Waals surface area contributed by atoms with Gasteiger partial charge < -0.3 is 10.4 Å². The summed E-state index contributed by atoms with van der Waals surface area (Å²) in [6.07, 6.45) is 0. The molecule has 0 unspecified atom stereocenters. The van der Waals surface area contributed by atoms with Crippen molar-refractivity contribution >= 4 is 22.5 Å². The molecule has 1 heterocycles. The third kappa shape index (κ3) is 1.32. The Morgan fingerprint density at radius 3 is 2.73 bits per heavy atom. The van der Waals surface area contributed by atoms with Crippen LogP contribution in [0.1, 0.15) is 16.1 Å². The van der Waals surface area contributed by atoms with Gasteiger partial charge in [-0.15, -0.1) is 0 Å². The van der Waals surface area contributed by atoms with Crippen LogP contribution in [0.4, 0.5) is 5.00 Å². The van der Waals surface area contributed by atoms with Crippen LogP contribution in [0.2, 0.25) is 0 Å². The van der Waals surface area contributed by atoms with Gasteiger partial charge in [0.25, 0.3) is 0 Å². The second-order valence-corrected chi connectivity index (χ2v) is 2.80. The number of nitrogens with zero attached hydrogens (tertiary/aromatic N) is 1. The minimum Gasteiger partial charge on any atom is -0.478 e. The highest BCUT2D eigenvalue weighted by Gasteiger charge is 2.15. The van der Waals surface area contributed by atoms with Crippen LogP contribution in [0.3, 0.4) is 0 Å². The molecule has 0 aliphatic rings. The maximum Gasteiger partial charge on any atom is 0.340 e. The first-order valence-electron chi connectivity index (χ1n) is 3.04. The molecule has 4 nitrogen and oxygen atoms in total. The number of hydrogen-bond donors (Lipinski definition) is 2. The van der Waals surface area contributed by atoms with Crippen LogP contribution < -0.4 is 5.32 Å². The van der Waals surface area contributed by atoms with Crippen molar-refractivity contribution in [3.05, 3.63) is 11.3 Å². The lowest BCUT2D eigenvalue weighted by Crippen LogP contribution is -2.00. The largest absolute Gasteiger partial charge is 0.478 e. The lowest BCUT2D eigenvalue weighted by molar-refractivity contribution is 0.0697. The van der Waals surface area contributed by atoms with Gasteiger partial charge in [0.2, 0.25) is 0 Å². The molecule has 1 rings (SSSR count). The lowest BCUT2D eigenvalue weighted by Gasteiger charge is -1.95. The Morgan fingerprint density at radius 2 is 2.36 bits per heavy atom. The molecule has 0 radical (unpaired) electrons. The van der Waals surface area contributed by atoms with Gasteiger partial charge in [0.1, 0.15) is 10.6 Å². The fourth-order valence-corrected chi connectivity index (χ4v) is 1.53. The van der Waals surface area contributed by atoms with Crippen molar-refractivity contribution in [1.29, 1.82) is 0 Å². The molecule has 0 saturated heterocycles. The van der Waals surface area contributed by atoms with E-state index in [0.29, 0.717) is 10.7 Å². The average molecular weight is 172 g/mol. The predicted molar refractivity (Wildman–Crippen MR) is 43.4 cm³/mol. The Labute approximate surface area is 68.0 Å². The SMILES string of the molecule is CNc1snc(C)c1C(=O)O. The van der Waals surface area contributed by atoms with Gasteiger partial charge in [-0.3, -0.25) is 0 Å². The number of rotatable bonds is 2. The molecule has 60 valence electrons. The second-order valence-electron chi connectivity index (χ2n) is 2.03. The van der Waals surface area contributed by atoms with E-state index >= 15 is 0 Å². The molecule has 5 heteroatoms. The van der Waals surface area contributed by atoms with Crippen molar-refractivity contribution in [2.75, 3.05) is 12.4 Å². The molecular weight excluding hydrogens is 164 g/mol. The van der Waals surface area contributed by atoms with Crippen LogP contribution in [-0.4, -0.2) is 22.5 Å². The molecule has 2 N–H and O–H groups in total. The van der Waals surface area contributed by atoms with Crippen molar-refractivity contribution in [2.45, 2.75) is 6.92 Å². The second kappa shape index (κ2) is 2.87. The molecule has 0 aliphatic carbocycles. The summed E-state index contributed by atoms with van der Waals surface area (Å²) in [5, 5.41) is 12.1. The van der Waals surface area contributed by atoms with E-state index in [1.165, 1.54) is 0 Å². The monoisotopic (exact) mass is 172 g/mol. The van der Waals surface area contributed by atoms with E-state index in [9.17, 15) is 4.79 Å². The van der Waals surface area contributed by atoms with Crippen LogP contribution >= 0.6 is 11.5 Å². The van der Waals surface area contributed by atoms with Gasteiger partial charge in [0.15, 0.2) is 0 Å². The number of carbonyl (C=O) groups is 1. The van der Waals surface area contributed by atoms with E-state index in [4.69, 9.17) is 5.11 Å². The highest BCUT2D eigenvalue weighted by molar-refractivity contribution is 7.10. The summed E-state index contributed by atoms with van der Waals surface area (Å²) in [5.41, 5.74) is 0.837. The molecular formula is C6H8N2O2S. The molecule has 1 aromatic heterocycles. The van der Waals surface area contributed by atoms with Gasteiger partial charge in [-0.1, -0.05) is 0 Å². The summed E-state index contributed by atoms with van der Waals surface area (Å²) in [5.74, 6) is -0.930. The quantitative estimate of drug-likeness (QED) is 0.703. The maximum absolute atomic E-state index is 10.6. The normalized spacial score (nSPS) is 9.64. The number of carboxylic acids is 1. The Balaban J connectivity index is 3.17. The first-order valence-corrected chi connectivity index (χ1v) is 3.81. The Hall–Kier alpha value is -1.10. The number of anilines is 1. The van der Waals surface area contributed by atoms with Crippen LogP contribution in [0, 0.1) is 6.92 Å². The Morgan fingerprint density at radius 1 is 1.73 bits per heavy atom. The Kier molecular flexibility index (Phi) is 2.09. The van der Waals surface area contributed by atoms with Gasteiger partial charge in [-0.25, -0.2) is 4.79 Å². The van der Waals surface area contributed by atoms with Gasteiger partial charge in [0, 0.05) is 7.05 Å². The topological polar surface area (TPSA) is 62.2 Å². The Bertz CT molecular complexity index is 282. The molecule has 0 fully saturated rings. The number of aromatic carboxylic acids is 1. The third-order valence-corrected chi connectivity index (χ3v) is 2.26. The van der Waals surface area contributed by atoms with E-state index in [-0.39, 0.29) is 5.56 Å². The fraction of sp³-hybridized carbons (Fsp3) is 0.333. The van der Waals surface area contributed by atoms with Gasteiger partial charge in [-0.2, -0.15) is 4.37 Å². The maximum atomic E-state index is 10.6. The van der Waals surface area contributed by atoms with Gasteiger partial charge >= 0.3 is 5.97 Å². The number of aryl methyl sites for hydroxylation is 1. The number of aromatic nitrogens is 1. The van der Waals surface area contributed by atoms with Crippen molar-refractivity contribution in [2.24, 2.45) is 0 Å². The molecule has 11 heavy (non-hydrogen) atoms. The first kappa shape index (κ1) is 8.00. The molecule has 0 aliphatic heterocycles. The highest BCUT2D eigenvalue weighted by Crippen LogP contribution is 2.23. The summed E-state index contributed by atoms with van der Waals surface area (Å²) in [6.45, 7) is 1.68. The summed E-state index contributed by atoms with van der Waals surface area (Å²) < 4.78 is 3.91. The van der Waals surface area contributed by atoms with Crippen molar-refractivity contribution in [1.82, 2.24) is 4.37 Å². The highest BCUT2D eigenvalue weighted by atomic mass is 32.1. The molecule has 0 amide bonds. The predicted octanol–water partition coefficient (Wildman–Crippen LogP) is 1.19. The van der Waals surface area contributed by atoms with E-state index in [1.807, 2.05) is 0 Å². The smallest absolute Gasteiger partial charge is 0.340 e. The van der Waals surface area contributed by atoms with E-state index in [1.54, 1.807) is 14.0 Å². The summed E-state index contributed by atoms with van der Waals surface area (Å²) in [7, 11) is 1.68. The zero-order chi connectivity index (χ0) is 8.43. The van der Waals surface area contributed by atoms with Gasteiger partial charge in [0.05, 0.1) is 5.69 Å².